The highest BCUT2D eigenvalue weighted by Crippen LogP contribution is 2.17. The molecule has 17 heavy (non-hydrogen) atoms. The molecule has 0 aliphatic rings. The Morgan fingerprint density at radius 3 is 2.29 bits per heavy atom. The van der Waals surface area contributed by atoms with E-state index in [1.807, 2.05) is 32.9 Å². The molecule has 0 aromatic heterocycles. The van der Waals surface area contributed by atoms with E-state index in [-0.39, 0.29) is 0 Å². The summed E-state index contributed by atoms with van der Waals surface area (Å²) in [6, 6.07) is 3.94. The van der Waals surface area contributed by atoms with Crippen LogP contribution in [-0.4, -0.2) is 12.6 Å². The number of aryl methyl sites for hydroxylation is 3. The maximum Gasteiger partial charge on any atom is 0.373 e. The first-order valence-electron chi connectivity index (χ1n) is 5.98. The van der Waals surface area contributed by atoms with Crippen molar-refractivity contribution in [1.29, 1.82) is 0 Å². The molecule has 0 amide bonds. The first kappa shape index (κ1) is 13.7. The molecule has 0 spiro atoms. The van der Waals surface area contributed by atoms with Crippen molar-refractivity contribution in [3.63, 3.8) is 0 Å². The number of rotatable bonds is 5. The Hall–Kier alpha value is -1.35. The van der Waals surface area contributed by atoms with Crippen molar-refractivity contribution in [1.82, 2.24) is 0 Å². The second-order valence-electron chi connectivity index (χ2n) is 4.32. The van der Waals surface area contributed by atoms with Crippen LogP contribution in [0, 0.1) is 20.8 Å². The molecule has 0 unspecified atom stereocenters. The highest BCUT2D eigenvalue weighted by Gasteiger charge is 2.15. The van der Waals surface area contributed by atoms with Crippen molar-refractivity contribution >= 4 is 5.97 Å². The van der Waals surface area contributed by atoms with Crippen molar-refractivity contribution in [2.24, 2.45) is 0 Å². The molecule has 0 aliphatic carbocycles. The maximum absolute atomic E-state index is 11.8. The summed E-state index contributed by atoms with van der Waals surface area (Å²) in [7, 11) is 0. The highest BCUT2D eigenvalue weighted by molar-refractivity contribution is 5.92. The van der Waals surface area contributed by atoms with E-state index < -0.39 is 5.97 Å². The third-order valence-electron chi connectivity index (χ3n) is 2.60. The van der Waals surface area contributed by atoms with Crippen LogP contribution in [0.4, 0.5) is 0 Å². The quantitative estimate of drug-likeness (QED) is 0.446. The first-order chi connectivity index (χ1) is 8.06. The Morgan fingerprint density at radius 2 is 1.76 bits per heavy atom. The fraction of sp³-hybridized carbons (Fsp3) is 0.500. The minimum atomic E-state index is -0.406. The van der Waals surface area contributed by atoms with E-state index in [1.165, 1.54) is 0 Å². The lowest BCUT2D eigenvalue weighted by Gasteiger charge is -2.09. The molecular weight excluding hydrogens is 216 g/mol. The lowest BCUT2D eigenvalue weighted by Crippen LogP contribution is -2.10. The van der Waals surface area contributed by atoms with Crippen LogP contribution in [0.1, 0.15) is 46.8 Å². The summed E-state index contributed by atoms with van der Waals surface area (Å²) < 4.78 is 0. The fourth-order valence-corrected chi connectivity index (χ4v) is 1.84. The molecule has 0 heterocycles. The molecule has 1 aromatic carbocycles. The van der Waals surface area contributed by atoms with Gasteiger partial charge in [0.05, 0.1) is 12.2 Å². The largest absolute Gasteiger partial charge is 0.373 e. The number of carbonyl (C=O) groups is 1. The molecule has 0 fully saturated rings. The van der Waals surface area contributed by atoms with Gasteiger partial charge >= 0.3 is 5.97 Å². The average Bonchev–Trinajstić information content (AvgIpc) is 2.23. The minimum absolute atomic E-state index is 0.406. The Kier molecular flexibility index (Phi) is 5.16. The van der Waals surface area contributed by atoms with Gasteiger partial charge < -0.3 is 0 Å². The normalized spacial score (nSPS) is 10.4. The number of hydrogen-bond acceptors (Lipinski definition) is 3. The summed E-state index contributed by atoms with van der Waals surface area (Å²) in [5, 5.41) is 0. The van der Waals surface area contributed by atoms with Gasteiger partial charge in [0.1, 0.15) is 0 Å². The van der Waals surface area contributed by atoms with Gasteiger partial charge in [-0.1, -0.05) is 31.0 Å². The van der Waals surface area contributed by atoms with Crippen molar-refractivity contribution in [2.75, 3.05) is 6.61 Å². The predicted molar refractivity (Wildman–Crippen MR) is 66.9 cm³/mol. The van der Waals surface area contributed by atoms with E-state index in [4.69, 9.17) is 9.78 Å². The van der Waals surface area contributed by atoms with Gasteiger partial charge in [-0.25, -0.2) is 4.79 Å². The molecule has 3 heteroatoms. The van der Waals surface area contributed by atoms with E-state index in [0.717, 1.165) is 29.5 Å². The zero-order chi connectivity index (χ0) is 12.8. The Bertz CT molecular complexity index is 373. The van der Waals surface area contributed by atoms with Gasteiger partial charge in [0.25, 0.3) is 0 Å². The Labute approximate surface area is 103 Å². The standard InChI is InChI=1S/C14H20O3/c1-5-6-7-16-17-14(15)13-11(3)8-10(2)9-12(13)4/h8-9H,5-7H2,1-4H3. The van der Waals surface area contributed by atoms with E-state index in [2.05, 4.69) is 6.92 Å². The van der Waals surface area contributed by atoms with Crippen molar-refractivity contribution in [2.45, 2.75) is 40.5 Å². The molecule has 0 bridgehead atoms. The number of unbranched alkanes of at least 4 members (excludes halogenated alkanes) is 1. The molecule has 0 atom stereocenters. The predicted octanol–water partition coefficient (Wildman–Crippen LogP) is 3.50. The maximum atomic E-state index is 11.8. The molecule has 0 saturated heterocycles. The lowest BCUT2D eigenvalue weighted by molar-refractivity contribution is -0.241. The van der Waals surface area contributed by atoms with E-state index in [9.17, 15) is 4.79 Å². The molecule has 0 aliphatic heterocycles. The van der Waals surface area contributed by atoms with Gasteiger partial charge in [-0.3, -0.25) is 4.89 Å². The average molecular weight is 236 g/mol. The lowest BCUT2D eigenvalue weighted by atomic mass is 10.0. The molecule has 94 valence electrons. The van der Waals surface area contributed by atoms with Crippen LogP contribution in [-0.2, 0) is 9.78 Å². The Morgan fingerprint density at radius 1 is 1.18 bits per heavy atom. The first-order valence-corrected chi connectivity index (χ1v) is 5.98. The van der Waals surface area contributed by atoms with E-state index >= 15 is 0 Å². The SMILES string of the molecule is CCCCOOC(=O)c1c(C)cc(C)cc1C. The molecule has 1 aromatic rings. The zero-order valence-electron chi connectivity index (χ0n) is 11.0. The second kappa shape index (κ2) is 6.40. The van der Waals surface area contributed by atoms with Gasteiger partial charge in [-0.05, 0) is 38.3 Å². The molecule has 0 N–H and O–H groups in total. The third-order valence-corrected chi connectivity index (χ3v) is 2.60. The van der Waals surface area contributed by atoms with Crippen LogP contribution in [0.25, 0.3) is 0 Å². The smallest absolute Gasteiger partial charge is 0.293 e. The van der Waals surface area contributed by atoms with Crippen LogP contribution < -0.4 is 0 Å². The van der Waals surface area contributed by atoms with Crippen LogP contribution in [0.2, 0.25) is 0 Å². The third kappa shape index (κ3) is 3.86. The van der Waals surface area contributed by atoms with Crippen molar-refractivity contribution < 1.29 is 14.6 Å². The zero-order valence-corrected chi connectivity index (χ0v) is 11.0. The fourth-order valence-electron chi connectivity index (χ4n) is 1.84. The monoisotopic (exact) mass is 236 g/mol. The van der Waals surface area contributed by atoms with Crippen LogP contribution in [0.5, 0.6) is 0 Å². The molecule has 0 radical (unpaired) electrons. The number of benzene rings is 1. The highest BCUT2D eigenvalue weighted by atomic mass is 17.2. The summed E-state index contributed by atoms with van der Waals surface area (Å²) in [5.74, 6) is -0.406. The molecule has 1 rings (SSSR count). The van der Waals surface area contributed by atoms with Gasteiger partial charge in [-0.15, -0.1) is 0 Å². The van der Waals surface area contributed by atoms with Crippen molar-refractivity contribution in [3.8, 4) is 0 Å². The van der Waals surface area contributed by atoms with Crippen LogP contribution in [0.15, 0.2) is 12.1 Å². The van der Waals surface area contributed by atoms with Crippen molar-refractivity contribution in [3.05, 3.63) is 34.4 Å². The van der Waals surface area contributed by atoms with Gasteiger partial charge in [0.15, 0.2) is 0 Å². The second-order valence-corrected chi connectivity index (χ2v) is 4.32. The summed E-state index contributed by atoms with van der Waals surface area (Å²) in [4.78, 5) is 21.5. The molecule has 3 nitrogen and oxygen atoms in total. The topological polar surface area (TPSA) is 35.5 Å². The summed E-state index contributed by atoms with van der Waals surface area (Å²) >= 11 is 0. The molecular formula is C14H20O3. The minimum Gasteiger partial charge on any atom is -0.293 e. The Balaban J connectivity index is 2.69. The van der Waals surface area contributed by atoms with Gasteiger partial charge in [0, 0.05) is 0 Å². The summed E-state index contributed by atoms with van der Waals surface area (Å²) in [5.41, 5.74) is 3.59. The van der Waals surface area contributed by atoms with Gasteiger partial charge in [-0.2, -0.15) is 4.89 Å². The van der Waals surface area contributed by atoms with Crippen LogP contribution >= 0.6 is 0 Å². The van der Waals surface area contributed by atoms with Crippen LogP contribution in [0.3, 0.4) is 0 Å². The number of carbonyl (C=O) groups excluding carboxylic acids is 1. The van der Waals surface area contributed by atoms with Gasteiger partial charge in [0.2, 0.25) is 0 Å². The summed E-state index contributed by atoms with van der Waals surface area (Å²) in [6.45, 7) is 8.32. The number of hydrogen-bond donors (Lipinski definition) is 0. The van der Waals surface area contributed by atoms with E-state index in [0.29, 0.717) is 12.2 Å². The molecule has 0 saturated carbocycles. The summed E-state index contributed by atoms with van der Waals surface area (Å²) in [6.07, 6.45) is 1.90. The van der Waals surface area contributed by atoms with E-state index in [1.54, 1.807) is 0 Å².